The molecule has 2 aromatic rings. The van der Waals surface area contributed by atoms with Gasteiger partial charge in [-0.15, -0.1) is 0 Å². The van der Waals surface area contributed by atoms with E-state index < -0.39 is 0 Å². The molecule has 1 heterocycles. The molecule has 3 nitrogen and oxygen atoms in total. The van der Waals surface area contributed by atoms with Gasteiger partial charge in [-0.1, -0.05) is 0 Å². The Hall–Kier alpha value is -1.88. The van der Waals surface area contributed by atoms with Crippen LogP contribution >= 0.6 is 15.9 Å². The van der Waals surface area contributed by atoms with Crippen LogP contribution in [0.2, 0.25) is 0 Å². The van der Waals surface area contributed by atoms with Crippen molar-refractivity contribution in [2.24, 2.45) is 0 Å². The second-order valence-electron chi connectivity index (χ2n) is 4.50. The van der Waals surface area contributed by atoms with Crippen molar-refractivity contribution in [3.05, 3.63) is 57.8 Å². The summed E-state index contributed by atoms with van der Waals surface area (Å²) in [4.78, 5) is 12.2. The minimum Gasteiger partial charge on any atom is -0.493 e. The van der Waals surface area contributed by atoms with Gasteiger partial charge in [-0.05, 0) is 57.9 Å². The highest BCUT2D eigenvalue weighted by molar-refractivity contribution is 9.10. The number of carbonyl (C=O) groups is 1. The van der Waals surface area contributed by atoms with Crippen LogP contribution < -0.4 is 10.1 Å². The Kier molecular flexibility index (Phi) is 3.44. The van der Waals surface area contributed by atoms with Gasteiger partial charge < -0.3 is 10.1 Å². The molecule has 1 aliphatic heterocycles. The lowest BCUT2D eigenvalue weighted by molar-refractivity contribution is 0.102. The van der Waals surface area contributed by atoms with Crippen molar-refractivity contribution in [1.82, 2.24) is 0 Å². The van der Waals surface area contributed by atoms with E-state index in [1.54, 1.807) is 12.1 Å². The fraction of sp³-hybridized carbons (Fsp3) is 0.133. The zero-order valence-electron chi connectivity index (χ0n) is 10.5. The number of hydrogen-bond donors (Lipinski definition) is 1. The first-order valence-corrected chi connectivity index (χ1v) is 6.95. The van der Waals surface area contributed by atoms with E-state index in [9.17, 15) is 9.18 Å². The van der Waals surface area contributed by atoms with E-state index in [0.29, 0.717) is 22.3 Å². The second-order valence-corrected chi connectivity index (χ2v) is 5.35. The van der Waals surface area contributed by atoms with Gasteiger partial charge in [0.1, 0.15) is 11.6 Å². The number of amides is 1. The van der Waals surface area contributed by atoms with Crippen LogP contribution in [-0.2, 0) is 6.42 Å². The van der Waals surface area contributed by atoms with Crippen molar-refractivity contribution in [1.29, 1.82) is 0 Å². The normalized spacial score (nSPS) is 12.7. The molecule has 102 valence electrons. The highest BCUT2D eigenvalue weighted by Crippen LogP contribution is 2.27. The molecule has 1 N–H and O–H groups in total. The first kappa shape index (κ1) is 13.1. The van der Waals surface area contributed by atoms with Gasteiger partial charge >= 0.3 is 0 Å². The molecule has 20 heavy (non-hydrogen) atoms. The van der Waals surface area contributed by atoms with Gasteiger partial charge in [0.25, 0.3) is 5.91 Å². The third-order valence-electron chi connectivity index (χ3n) is 3.13. The second kappa shape index (κ2) is 5.25. The van der Waals surface area contributed by atoms with Crippen LogP contribution in [0.25, 0.3) is 0 Å². The Morgan fingerprint density at radius 1 is 1.25 bits per heavy atom. The zero-order chi connectivity index (χ0) is 14.1. The third kappa shape index (κ3) is 2.54. The monoisotopic (exact) mass is 335 g/mol. The number of carbonyl (C=O) groups excluding carboxylic acids is 1. The van der Waals surface area contributed by atoms with Crippen molar-refractivity contribution >= 4 is 27.5 Å². The summed E-state index contributed by atoms with van der Waals surface area (Å²) >= 11 is 3.22. The molecule has 0 saturated heterocycles. The minimum absolute atomic E-state index is 0.230. The molecule has 0 unspecified atom stereocenters. The Balaban J connectivity index is 1.82. The van der Waals surface area contributed by atoms with Crippen molar-refractivity contribution in [3.8, 4) is 5.75 Å². The SMILES string of the molecule is O=C(Nc1ccc(F)cc1Br)c1ccc2c(c1)CCO2. The molecule has 1 amide bonds. The Labute approximate surface area is 123 Å². The molecule has 0 saturated carbocycles. The molecule has 0 aliphatic carbocycles. The first-order valence-electron chi connectivity index (χ1n) is 6.15. The van der Waals surface area contributed by atoms with Crippen molar-refractivity contribution in [2.75, 3.05) is 11.9 Å². The van der Waals surface area contributed by atoms with Crippen LogP contribution in [0.4, 0.5) is 10.1 Å². The van der Waals surface area contributed by atoms with Crippen LogP contribution in [0.15, 0.2) is 40.9 Å². The van der Waals surface area contributed by atoms with Crippen LogP contribution in [0.5, 0.6) is 5.75 Å². The molecule has 3 rings (SSSR count). The Morgan fingerprint density at radius 2 is 2.10 bits per heavy atom. The molecule has 0 bridgehead atoms. The Bertz CT molecular complexity index is 688. The van der Waals surface area contributed by atoms with Gasteiger partial charge in [0.2, 0.25) is 0 Å². The predicted molar refractivity (Wildman–Crippen MR) is 77.7 cm³/mol. The molecule has 5 heteroatoms. The lowest BCUT2D eigenvalue weighted by Crippen LogP contribution is -2.12. The standard InChI is InChI=1S/C15H11BrFNO2/c16-12-8-11(17)2-3-13(12)18-15(19)10-1-4-14-9(7-10)5-6-20-14/h1-4,7-8H,5-6H2,(H,18,19). The number of rotatable bonds is 2. The molecule has 0 atom stereocenters. The van der Waals surface area contributed by atoms with E-state index in [1.807, 2.05) is 6.07 Å². The maximum absolute atomic E-state index is 13.0. The van der Waals surface area contributed by atoms with E-state index in [1.165, 1.54) is 18.2 Å². The smallest absolute Gasteiger partial charge is 0.255 e. The number of ether oxygens (including phenoxy) is 1. The van der Waals surface area contributed by atoms with Crippen LogP contribution in [-0.4, -0.2) is 12.5 Å². The quantitative estimate of drug-likeness (QED) is 0.907. The molecular weight excluding hydrogens is 325 g/mol. The van der Waals surface area contributed by atoms with E-state index in [4.69, 9.17) is 4.74 Å². The first-order chi connectivity index (χ1) is 9.63. The molecular formula is C15H11BrFNO2. The van der Waals surface area contributed by atoms with E-state index in [2.05, 4.69) is 21.2 Å². The van der Waals surface area contributed by atoms with Gasteiger partial charge in [0.05, 0.1) is 12.3 Å². The van der Waals surface area contributed by atoms with Crippen molar-refractivity contribution < 1.29 is 13.9 Å². The predicted octanol–water partition coefficient (Wildman–Crippen LogP) is 3.78. The summed E-state index contributed by atoms with van der Waals surface area (Å²) in [5.74, 6) is 0.251. The summed E-state index contributed by atoms with van der Waals surface area (Å²) < 4.78 is 18.9. The third-order valence-corrected chi connectivity index (χ3v) is 3.79. The number of benzene rings is 2. The van der Waals surface area contributed by atoms with Gasteiger partial charge in [-0.2, -0.15) is 0 Å². The average molecular weight is 336 g/mol. The highest BCUT2D eigenvalue weighted by Gasteiger charge is 2.15. The summed E-state index contributed by atoms with van der Waals surface area (Å²) in [6.07, 6.45) is 0.816. The van der Waals surface area contributed by atoms with Crippen LogP contribution in [0, 0.1) is 5.82 Å². The summed E-state index contributed by atoms with van der Waals surface area (Å²) in [5.41, 5.74) is 2.13. The maximum atomic E-state index is 13.0. The lowest BCUT2D eigenvalue weighted by atomic mass is 10.1. The summed E-state index contributed by atoms with van der Waals surface area (Å²) in [6.45, 7) is 0.657. The van der Waals surface area contributed by atoms with Gasteiger partial charge in [-0.3, -0.25) is 4.79 Å². The fourth-order valence-electron chi connectivity index (χ4n) is 2.11. The lowest BCUT2D eigenvalue weighted by Gasteiger charge is -2.08. The number of nitrogens with one attached hydrogen (secondary N) is 1. The number of fused-ring (bicyclic) bond motifs is 1. The van der Waals surface area contributed by atoms with E-state index in [-0.39, 0.29) is 11.7 Å². The minimum atomic E-state index is -0.357. The maximum Gasteiger partial charge on any atom is 0.255 e. The number of halogens is 2. The van der Waals surface area contributed by atoms with Gasteiger partial charge in [0.15, 0.2) is 0 Å². The average Bonchev–Trinajstić information content (AvgIpc) is 2.89. The van der Waals surface area contributed by atoms with Crippen LogP contribution in [0.1, 0.15) is 15.9 Å². The molecule has 0 aromatic heterocycles. The van der Waals surface area contributed by atoms with Crippen LogP contribution in [0.3, 0.4) is 0 Å². The van der Waals surface area contributed by atoms with Crippen molar-refractivity contribution in [3.63, 3.8) is 0 Å². The largest absolute Gasteiger partial charge is 0.493 e. The Morgan fingerprint density at radius 3 is 2.90 bits per heavy atom. The van der Waals surface area contributed by atoms with E-state index in [0.717, 1.165) is 17.7 Å². The summed E-state index contributed by atoms with van der Waals surface area (Å²) in [7, 11) is 0. The molecule has 1 aliphatic rings. The summed E-state index contributed by atoms with van der Waals surface area (Å²) in [5, 5.41) is 2.75. The highest BCUT2D eigenvalue weighted by atomic mass is 79.9. The molecule has 0 radical (unpaired) electrons. The fourth-order valence-corrected chi connectivity index (χ4v) is 2.56. The number of anilines is 1. The van der Waals surface area contributed by atoms with Crippen molar-refractivity contribution in [2.45, 2.75) is 6.42 Å². The number of hydrogen-bond acceptors (Lipinski definition) is 2. The van der Waals surface area contributed by atoms with Gasteiger partial charge in [0, 0.05) is 16.5 Å². The molecule has 2 aromatic carbocycles. The summed E-state index contributed by atoms with van der Waals surface area (Å²) in [6, 6.07) is 9.49. The topological polar surface area (TPSA) is 38.3 Å². The van der Waals surface area contributed by atoms with Gasteiger partial charge in [-0.25, -0.2) is 4.39 Å². The molecule has 0 fully saturated rings. The van der Waals surface area contributed by atoms with E-state index >= 15 is 0 Å². The molecule has 0 spiro atoms. The zero-order valence-corrected chi connectivity index (χ0v) is 12.0.